The molecule has 0 aromatic carbocycles. The number of carbonyl (C=O) groups is 2. The van der Waals surface area contributed by atoms with E-state index in [1.807, 2.05) is 24.3 Å². The van der Waals surface area contributed by atoms with Crippen LogP contribution in [0, 0.1) is 11.8 Å². The van der Waals surface area contributed by atoms with Crippen molar-refractivity contribution in [3.8, 4) is 0 Å². The summed E-state index contributed by atoms with van der Waals surface area (Å²) in [6.45, 7) is 3.40. The number of hydrogen-bond acceptors (Lipinski definition) is 4. The third-order valence-electron chi connectivity index (χ3n) is 2.34. The number of rotatable bonds is 4. The first-order valence-electron chi connectivity index (χ1n) is 5.21. The van der Waals surface area contributed by atoms with Gasteiger partial charge in [0.05, 0.1) is 13.2 Å². The van der Waals surface area contributed by atoms with Crippen LogP contribution in [0.3, 0.4) is 0 Å². The van der Waals surface area contributed by atoms with Crippen molar-refractivity contribution < 1.29 is 19.1 Å². The quantitative estimate of drug-likeness (QED) is 0.678. The highest BCUT2D eigenvalue weighted by atomic mass is 16.5. The van der Waals surface area contributed by atoms with E-state index in [1.165, 1.54) is 13.8 Å². The summed E-state index contributed by atoms with van der Waals surface area (Å²) in [6, 6.07) is 0. The van der Waals surface area contributed by atoms with Gasteiger partial charge in [-0.25, -0.2) is 0 Å². The molecule has 88 valence electrons. The molecule has 0 aromatic rings. The maximum Gasteiger partial charge on any atom is 0.302 e. The predicted molar refractivity (Wildman–Crippen MR) is 58.5 cm³/mol. The van der Waals surface area contributed by atoms with Crippen LogP contribution in [-0.2, 0) is 19.1 Å². The molecule has 0 fully saturated rings. The normalized spacial score (nSPS) is 22.9. The van der Waals surface area contributed by atoms with Crippen molar-refractivity contribution in [1.82, 2.24) is 0 Å². The monoisotopic (exact) mass is 224 g/mol. The molecule has 0 aromatic heterocycles. The lowest BCUT2D eigenvalue weighted by molar-refractivity contribution is -0.145. The van der Waals surface area contributed by atoms with Gasteiger partial charge >= 0.3 is 11.9 Å². The molecule has 4 nitrogen and oxygen atoms in total. The van der Waals surface area contributed by atoms with Crippen LogP contribution in [0.2, 0.25) is 0 Å². The van der Waals surface area contributed by atoms with E-state index in [-0.39, 0.29) is 23.8 Å². The summed E-state index contributed by atoms with van der Waals surface area (Å²) < 4.78 is 9.91. The Labute approximate surface area is 94.9 Å². The molecule has 0 spiro atoms. The van der Waals surface area contributed by atoms with Crippen molar-refractivity contribution in [3.63, 3.8) is 0 Å². The average molecular weight is 224 g/mol. The maximum absolute atomic E-state index is 10.7. The standard InChI is InChI=1S/C12H16O4/c1-9(13)15-7-11-5-3-4-6-12(11)8-16-10(2)14/h3-6,11-12H,7-8H2,1-2H3/t11-,12+. The highest BCUT2D eigenvalue weighted by molar-refractivity contribution is 5.66. The van der Waals surface area contributed by atoms with Gasteiger partial charge in [-0.05, 0) is 0 Å². The summed E-state index contributed by atoms with van der Waals surface area (Å²) in [5, 5.41) is 0. The van der Waals surface area contributed by atoms with E-state index in [4.69, 9.17) is 9.47 Å². The van der Waals surface area contributed by atoms with E-state index in [0.717, 1.165) is 0 Å². The molecular weight excluding hydrogens is 208 g/mol. The third kappa shape index (κ3) is 4.29. The Morgan fingerprint density at radius 2 is 1.31 bits per heavy atom. The van der Waals surface area contributed by atoms with Gasteiger partial charge in [0.15, 0.2) is 0 Å². The first kappa shape index (κ1) is 12.5. The van der Waals surface area contributed by atoms with Crippen molar-refractivity contribution in [2.24, 2.45) is 11.8 Å². The second kappa shape index (κ2) is 6.10. The predicted octanol–water partition coefficient (Wildman–Crippen LogP) is 1.47. The molecule has 2 atom stereocenters. The van der Waals surface area contributed by atoms with Crippen LogP contribution >= 0.6 is 0 Å². The average Bonchev–Trinajstić information content (AvgIpc) is 2.24. The Morgan fingerprint density at radius 3 is 1.62 bits per heavy atom. The van der Waals surface area contributed by atoms with Crippen molar-refractivity contribution in [2.45, 2.75) is 13.8 Å². The van der Waals surface area contributed by atoms with Crippen molar-refractivity contribution in [2.75, 3.05) is 13.2 Å². The lowest BCUT2D eigenvalue weighted by Crippen LogP contribution is -2.24. The van der Waals surface area contributed by atoms with Crippen molar-refractivity contribution >= 4 is 11.9 Å². The summed E-state index contributed by atoms with van der Waals surface area (Å²) in [6.07, 6.45) is 7.71. The van der Waals surface area contributed by atoms with Gasteiger partial charge in [0.25, 0.3) is 0 Å². The lowest BCUT2D eigenvalue weighted by Gasteiger charge is -2.23. The molecule has 1 aliphatic rings. The topological polar surface area (TPSA) is 52.6 Å². The minimum Gasteiger partial charge on any atom is -0.465 e. The number of esters is 2. The zero-order valence-corrected chi connectivity index (χ0v) is 9.51. The van der Waals surface area contributed by atoms with Crippen LogP contribution in [0.25, 0.3) is 0 Å². The molecule has 16 heavy (non-hydrogen) atoms. The summed E-state index contributed by atoms with van der Waals surface area (Å²) in [5.41, 5.74) is 0. The van der Waals surface area contributed by atoms with E-state index in [1.54, 1.807) is 0 Å². The van der Waals surface area contributed by atoms with Crippen LogP contribution in [0.1, 0.15) is 13.8 Å². The molecule has 1 aliphatic carbocycles. The SMILES string of the molecule is CC(=O)OC[C@H]1C=CC=C[C@H]1COC(C)=O. The van der Waals surface area contributed by atoms with Crippen molar-refractivity contribution in [1.29, 1.82) is 0 Å². The number of allylic oxidation sites excluding steroid dienone is 2. The van der Waals surface area contributed by atoms with E-state index in [0.29, 0.717) is 13.2 Å². The van der Waals surface area contributed by atoms with Gasteiger partial charge < -0.3 is 9.47 Å². The fraction of sp³-hybridized carbons (Fsp3) is 0.500. The van der Waals surface area contributed by atoms with E-state index < -0.39 is 0 Å². The van der Waals surface area contributed by atoms with E-state index in [2.05, 4.69) is 0 Å². The van der Waals surface area contributed by atoms with Gasteiger partial charge in [0.1, 0.15) is 0 Å². The molecule has 0 radical (unpaired) electrons. The minimum absolute atomic E-state index is 0.0771. The molecule has 0 unspecified atom stereocenters. The van der Waals surface area contributed by atoms with Gasteiger partial charge in [-0.2, -0.15) is 0 Å². The van der Waals surface area contributed by atoms with Crippen molar-refractivity contribution in [3.05, 3.63) is 24.3 Å². The molecule has 0 saturated heterocycles. The molecule has 0 bridgehead atoms. The molecule has 1 rings (SSSR count). The number of ether oxygens (including phenoxy) is 2. The fourth-order valence-corrected chi connectivity index (χ4v) is 1.48. The first-order valence-corrected chi connectivity index (χ1v) is 5.21. The smallest absolute Gasteiger partial charge is 0.302 e. The Hall–Kier alpha value is -1.58. The third-order valence-corrected chi connectivity index (χ3v) is 2.34. The lowest BCUT2D eigenvalue weighted by atomic mass is 9.90. The molecular formula is C12H16O4. The number of carbonyl (C=O) groups excluding carboxylic acids is 2. The summed E-state index contributed by atoms with van der Waals surface area (Å²) in [4.78, 5) is 21.4. The number of hydrogen-bond donors (Lipinski definition) is 0. The Kier molecular flexibility index (Phi) is 4.76. The first-order chi connectivity index (χ1) is 7.59. The molecule has 0 N–H and O–H groups in total. The Bertz CT molecular complexity index is 285. The summed E-state index contributed by atoms with van der Waals surface area (Å²) in [7, 11) is 0. The zero-order valence-electron chi connectivity index (χ0n) is 9.51. The second-order valence-electron chi connectivity index (χ2n) is 3.70. The molecule has 0 aliphatic heterocycles. The van der Waals surface area contributed by atoms with Crippen LogP contribution in [0.15, 0.2) is 24.3 Å². The van der Waals surface area contributed by atoms with Crippen LogP contribution < -0.4 is 0 Å². The van der Waals surface area contributed by atoms with E-state index in [9.17, 15) is 9.59 Å². The largest absolute Gasteiger partial charge is 0.465 e. The van der Waals surface area contributed by atoms with Crippen LogP contribution in [-0.4, -0.2) is 25.2 Å². The summed E-state index contributed by atoms with van der Waals surface area (Å²) in [5.74, 6) is -0.440. The molecule has 0 heterocycles. The van der Waals surface area contributed by atoms with Crippen LogP contribution in [0.5, 0.6) is 0 Å². The van der Waals surface area contributed by atoms with Gasteiger partial charge in [-0.3, -0.25) is 9.59 Å². The Morgan fingerprint density at radius 1 is 0.938 bits per heavy atom. The zero-order chi connectivity index (χ0) is 12.0. The molecule has 0 saturated carbocycles. The van der Waals surface area contributed by atoms with Gasteiger partial charge in [-0.1, -0.05) is 24.3 Å². The van der Waals surface area contributed by atoms with Gasteiger partial charge in [0, 0.05) is 25.7 Å². The molecule has 4 heteroatoms. The highest BCUT2D eigenvalue weighted by Gasteiger charge is 2.20. The molecule has 0 amide bonds. The maximum atomic E-state index is 10.7. The summed E-state index contributed by atoms with van der Waals surface area (Å²) >= 11 is 0. The second-order valence-corrected chi connectivity index (χ2v) is 3.70. The highest BCUT2D eigenvalue weighted by Crippen LogP contribution is 2.20. The van der Waals surface area contributed by atoms with E-state index >= 15 is 0 Å². The Balaban J connectivity index is 2.45. The minimum atomic E-state index is -0.297. The fourth-order valence-electron chi connectivity index (χ4n) is 1.48. The van der Waals surface area contributed by atoms with Gasteiger partial charge in [0.2, 0.25) is 0 Å². The van der Waals surface area contributed by atoms with Gasteiger partial charge in [-0.15, -0.1) is 0 Å². The van der Waals surface area contributed by atoms with Crippen LogP contribution in [0.4, 0.5) is 0 Å².